The van der Waals surface area contributed by atoms with Crippen LogP contribution < -0.4 is 10.2 Å². The van der Waals surface area contributed by atoms with Crippen LogP contribution in [0.15, 0.2) is 65.2 Å². The summed E-state index contributed by atoms with van der Waals surface area (Å²) in [5, 5.41) is 9.09. The fourth-order valence-electron chi connectivity index (χ4n) is 3.23. The van der Waals surface area contributed by atoms with E-state index in [1.165, 1.54) is 11.4 Å². The number of ether oxygens (including phenoxy) is 2. The van der Waals surface area contributed by atoms with Gasteiger partial charge in [0.25, 0.3) is 0 Å². The summed E-state index contributed by atoms with van der Waals surface area (Å²) >= 11 is 0. The molecular weight excluding hydrogens is 475 g/mol. The summed E-state index contributed by atoms with van der Waals surface area (Å²) in [6, 6.07) is 13.0. The summed E-state index contributed by atoms with van der Waals surface area (Å²) in [7, 11) is -2.38. The maximum absolute atomic E-state index is 12.8. The summed E-state index contributed by atoms with van der Waals surface area (Å²) in [6.45, 7) is 0.418. The van der Waals surface area contributed by atoms with Gasteiger partial charge in [0.15, 0.2) is 0 Å². The third-order valence-corrected chi connectivity index (χ3v) is 6.78. The van der Waals surface area contributed by atoms with Gasteiger partial charge in [-0.2, -0.15) is 9.57 Å². The van der Waals surface area contributed by atoms with E-state index in [2.05, 4.69) is 16.3 Å². The molecule has 0 spiro atoms. The standard InChI is InChI=1S/C22H22F3N3O5S/c1-31-15-21(17-4-2-3-16(13-17)14-26)33-27-18-9-11-28(12-10-18)34(29,30)20-7-5-19(6-8-20)32-22(23,24)25/h2-9,13,21,27H,10-12,15H2,1H3. The molecule has 0 amide bonds. The van der Waals surface area contributed by atoms with E-state index in [-0.39, 0.29) is 24.6 Å². The maximum atomic E-state index is 12.8. The third-order valence-electron chi connectivity index (χ3n) is 4.90. The summed E-state index contributed by atoms with van der Waals surface area (Å²) in [6.07, 6.45) is -3.38. The highest BCUT2D eigenvalue weighted by Gasteiger charge is 2.32. The molecular formula is C22H22F3N3O5S. The topological polar surface area (TPSA) is 101 Å². The lowest BCUT2D eigenvalue weighted by Crippen LogP contribution is -2.37. The van der Waals surface area contributed by atoms with Crippen LogP contribution in [-0.4, -0.2) is 45.9 Å². The van der Waals surface area contributed by atoms with E-state index < -0.39 is 28.2 Å². The second kappa shape index (κ2) is 10.9. The SMILES string of the molecule is COCC(ONC1=CCN(S(=O)(=O)c2ccc(OC(F)(F)F)cc2)CC1)c1cccc(C#N)c1. The minimum atomic E-state index is -4.86. The van der Waals surface area contributed by atoms with Crippen LogP contribution in [-0.2, 0) is 19.6 Å². The van der Waals surface area contributed by atoms with Crippen molar-refractivity contribution < 1.29 is 35.9 Å². The van der Waals surface area contributed by atoms with Crippen molar-refractivity contribution in [2.45, 2.75) is 23.8 Å². The Balaban J connectivity index is 1.62. The maximum Gasteiger partial charge on any atom is 0.573 e. The second-order valence-electron chi connectivity index (χ2n) is 7.26. The Morgan fingerprint density at radius 1 is 1.21 bits per heavy atom. The fraction of sp³-hybridized carbons (Fsp3) is 0.318. The van der Waals surface area contributed by atoms with Crippen molar-refractivity contribution >= 4 is 10.0 Å². The van der Waals surface area contributed by atoms with Crippen molar-refractivity contribution in [3.8, 4) is 11.8 Å². The van der Waals surface area contributed by atoms with Gasteiger partial charge in [0.1, 0.15) is 11.9 Å². The number of benzene rings is 2. The molecule has 1 N–H and O–H groups in total. The predicted octanol–water partition coefficient (Wildman–Crippen LogP) is 3.64. The van der Waals surface area contributed by atoms with Gasteiger partial charge in [0, 0.05) is 32.3 Å². The van der Waals surface area contributed by atoms with Crippen LogP contribution in [0.5, 0.6) is 5.75 Å². The Kier molecular flexibility index (Phi) is 8.16. The number of sulfonamides is 1. The van der Waals surface area contributed by atoms with E-state index in [1.807, 2.05) is 0 Å². The van der Waals surface area contributed by atoms with Crippen LogP contribution in [0.3, 0.4) is 0 Å². The number of halogens is 3. The molecule has 1 heterocycles. The Bertz CT molecular complexity index is 1160. The third kappa shape index (κ3) is 6.71. The monoisotopic (exact) mass is 497 g/mol. The van der Waals surface area contributed by atoms with E-state index >= 15 is 0 Å². The predicted molar refractivity (Wildman–Crippen MR) is 115 cm³/mol. The van der Waals surface area contributed by atoms with Crippen molar-refractivity contribution in [3.05, 3.63) is 71.4 Å². The zero-order valence-corrected chi connectivity index (χ0v) is 18.9. The van der Waals surface area contributed by atoms with Crippen LogP contribution >= 0.6 is 0 Å². The number of nitrogens with one attached hydrogen (secondary N) is 1. The minimum Gasteiger partial charge on any atom is -0.406 e. The molecule has 182 valence electrons. The number of methoxy groups -OCH3 is 1. The fourth-order valence-corrected chi connectivity index (χ4v) is 4.61. The van der Waals surface area contributed by atoms with Gasteiger partial charge in [0.05, 0.1) is 23.1 Å². The van der Waals surface area contributed by atoms with Crippen LogP contribution in [0.1, 0.15) is 23.7 Å². The van der Waals surface area contributed by atoms with Crippen molar-refractivity contribution in [2.24, 2.45) is 0 Å². The average Bonchev–Trinajstić information content (AvgIpc) is 2.81. The highest BCUT2D eigenvalue weighted by atomic mass is 32.2. The van der Waals surface area contributed by atoms with Crippen molar-refractivity contribution in [1.29, 1.82) is 5.26 Å². The lowest BCUT2D eigenvalue weighted by atomic mass is 10.1. The number of hydrogen-bond acceptors (Lipinski definition) is 7. The highest BCUT2D eigenvalue weighted by molar-refractivity contribution is 7.89. The molecule has 0 saturated heterocycles. The first-order valence-electron chi connectivity index (χ1n) is 10.1. The van der Waals surface area contributed by atoms with Crippen molar-refractivity contribution in [1.82, 2.24) is 9.79 Å². The normalized spacial score (nSPS) is 15.8. The number of hydrogen-bond donors (Lipinski definition) is 1. The van der Waals surface area contributed by atoms with E-state index in [0.29, 0.717) is 17.7 Å². The van der Waals surface area contributed by atoms with E-state index in [9.17, 15) is 21.6 Å². The zero-order chi connectivity index (χ0) is 24.8. The molecule has 0 aliphatic carbocycles. The molecule has 0 saturated carbocycles. The van der Waals surface area contributed by atoms with E-state index in [4.69, 9.17) is 14.8 Å². The number of nitrogens with zero attached hydrogens (tertiary/aromatic N) is 2. The molecule has 0 aromatic heterocycles. The molecule has 0 radical (unpaired) electrons. The number of rotatable bonds is 9. The quantitative estimate of drug-likeness (QED) is 0.528. The van der Waals surface area contributed by atoms with Gasteiger partial charge in [-0.25, -0.2) is 8.42 Å². The lowest BCUT2D eigenvalue weighted by Gasteiger charge is -2.27. The number of alkyl halides is 3. The first-order valence-corrected chi connectivity index (χ1v) is 11.5. The number of hydroxylamine groups is 1. The molecule has 1 aliphatic heterocycles. The van der Waals surface area contributed by atoms with Crippen LogP contribution in [0.4, 0.5) is 13.2 Å². The molecule has 1 aliphatic rings. The first kappa shape index (κ1) is 25.5. The van der Waals surface area contributed by atoms with Crippen molar-refractivity contribution in [2.75, 3.05) is 26.8 Å². The molecule has 1 atom stereocenters. The molecule has 1 unspecified atom stereocenters. The minimum absolute atomic E-state index is 0.0493. The molecule has 0 fully saturated rings. The molecule has 2 aromatic carbocycles. The molecule has 34 heavy (non-hydrogen) atoms. The summed E-state index contributed by atoms with van der Waals surface area (Å²) in [5.74, 6) is -0.500. The van der Waals surface area contributed by atoms with Crippen LogP contribution in [0.25, 0.3) is 0 Å². The Hall–Kier alpha value is -3.11. The smallest absolute Gasteiger partial charge is 0.406 e. The Labute approximate surface area is 195 Å². The largest absolute Gasteiger partial charge is 0.573 e. The number of nitriles is 1. The van der Waals surface area contributed by atoms with Gasteiger partial charge in [-0.15, -0.1) is 13.2 Å². The summed E-state index contributed by atoms with van der Waals surface area (Å²) in [4.78, 5) is 5.60. The van der Waals surface area contributed by atoms with E-state index in [1.54, 1.807) is 30.3 Å². The van der Waals surface area contributed by atoms with Gasteiger partial charge in [-0.3, -0.25) is 10.3 Å². The van der Waals surface area contributed by atoms with Gasteiger partial charge in [-0.05, 0) is 48.0 Å². The molecule has 0 bridgehead atoms. The second-order valence-corrected chi connectivity index (χ2v) is 9.20. The zero-order valence-electron chi connectivity index (χ0n) is 18.1. The summed E-state index contributed by atoms with van der Waals surface area (Å²) < 4.78 is 72.7. The molecule has 2 aromatic rings. The average molecular weight is 497 g/mol. The van der Waals surface area contributed by atoms with Gasteiger partial charge in [-0.1, -0.05) is 12.1 Å². The van der Waals surface area contributed by atoms with Crippen LogP contribution in [0, 0.1) is 11.3 Å². The molecule has 12 heteroatoms. The van der Waals surface area contributed by atoms with Gasteiger partial charge >= 0.3 is 6.36 Å². The van der Waals surface area contributed by atoms with Crippen molar-refractivity contribution in [3.63, 3.8) is 0 Å². The highest BCUT2D eigenvalue weighted by Crippen LogP contribution is 2.26. The lowest BCUT2D eigenvalue weighted by molar-refractivity contribution is -0.274. The first-order chi connectivity index (χ1) is 16.1. The van der Waals surface area contributed by atoms with Crippen LogP contribution in [0.2, 0.25) is 0 Å². The Morgan fingerprint density at radius 3 is 2.53 bits per heavy atom. The summed E-state index contributed by atoms with van der Waals surface area (Å²) in [5.41, 5.74) is 4.73. The van der Waals surface area contributed by atoms with Gasteiger partial charge < -0.3 is 9.47 Å². The molecule has 8 nitrogen and oxygen atoms in total. The Morgan fingerprint density at radius 2 is 1.94 bits per heavy atom. The molecule has 3 rings (SSSR count). The van der Waals surface area contributed by atoms with Gasteiger partial charge in [0.2, 0.25) is 10.0 Å². The van der Waals surface area contributed by atoms with E-state index in [0.717, 1.165) is 29.8 Å².